The van der Waals surface area contributed by atoms with Crippen molar-refractivity contribution in [3.05, 3.63) is 12.2 Å². The first-order valence-corrected chi connectivity index (χ1v) is 5.88. The monoisotopic (exact) mass is 254 g/mol. The maximum atomic E-state index is 11.7. The lowest BCUT2D eigenvalue weighted by atomic mass is 9.79. The molecule has 7 heteroatoms. The van der Waals surface area contributed by atoms with Crippen molar-refractivity contribution in [3.8, 4) is 0 Å². The molecule has 0 bridgehead atoms. The van der Waals surface area contributed by atoms with Crippen LogP contribution in [-0.2, 0) is 16.1 Å². The maximum Gasteiger partial charge on any atom is 0.310 e. The minimum atomic E-state index is -0.981. The molecule has 0 aliphatic rings. The summed E-state index contributed by atoms with van der Waals surface area (Å²) in [5.41, 5.74) is -0.981. The zero-order valence-corrected chi connectivity index (χ0v) is 10.6. The first-order valence-electron chi connectivity index (χ1n) is 5.88. The maximum absolute atomic E-state index is 11.7. The van der Waals surface area contributed by atoms with Crippen LogP contribution in [0.2, 0.25) is 0 Å². The Morgan fingerprint density at radius 3 is 2.56 bits per heavy atom. The number of carboxylic acid groups (broad SMARTS) is 1. The number of carbonyl (C=O) groups excluding carboxylic acids is 1. The van der Waals surface area contributed by atoms with Gasteiger partial charge >= 0.3 is 5.97 Å². The predicted molar refractivity (Wildman–Crippen MR) is 63.5 cm³/mol. The number of aromatic nitrogens is 3. The topological polar surface area (TPSA) is 108 Å². The number of aromatic amines is 1. The van der Waals surface area contributed by atoms with Crippen molar-refractivity contribution in [3.63, 3.8) is 0 Å². The van der Waals surface area contributed by atoms with Gasteiger partial charge in [-0.15, -0.1) is 0 Å². The standard InChI is InChI=1S/C11H18N4O3/c1-3-11(4-2,10(17)18)5-9(16)12-6-8-13-7-14-15-8/h7H,3-6H2,1-2H3,(H,12,16)(H,17,18)(H,13,14,15). The Kier molecular flexibility index (Phi) is 4.82. The van der Waals surface area contributed by atoms with Gasteiger partial charge in [-0.1, -0.05) is 13.8 Å². The quantitative estimate of drug-likeness (QED) is 0.663. The smallest absolute Gasteiger partial charge is 0.310 e. The second-order valence-corrected chi connectivity index (χ2v) is 4.18. The molecule has 1 aromatic rings. The van der Waals surface area contributed by atoms with E-state index in [-0.39, 0.29) is 18.9 Å². The third-order valence-corrected chi connectivity index (χ3v) is 3.22. The molecule has 1 aromatic heterocycles. The number of rotatable bonds is 7. The number of hydrogen-bond donors (Lipinski definition) is 3. The molecule has 0 aliphatic carbocycles. The van der Waals surface area contributed by atoms with Crippen LogP contribution in [0, 0.1) is 5.41 Å². The van der Waals surface area contributed by atoms with Crippen molar-refractivity contribution in [2.45, 2.75) is 39.7 Å². The highest BCUT2D eigenvalue weighted by Crippen LogP contribution is 2.30. The van der Waals surface area contributed by atoms with Crippen LogP contribution in [0.25, 0.3) is 0 Å². The highest BCUT2D eigenvalue weighted by atomic mass is 16.4. The van der Waals surface area contributed by atoms with Crippen molar-refractivity contribution < 1.29 is 14.7 Å². The molecule has 0 fully saturated rings. The van der Waals surface area contributed by atoms with E-state index in [4.69, 9.17) is 0 Å². The van der Waals surface area contributed by atoms with Gasteiger partial charge in [0.25, 0.3) is 0 Å². The average Bonchev–Trinajstić information content (AvgIpc) is 2.86. The summed E-state index contributed by atoms with van der Waals surface area (Å²) in [4.78, 5) is 26.8. The summed E-state index contributed by atoms with van der Waals surface area (Å²) in [7, 11) is 0. The van der Waals surface area contributed by atoms with Gasteiger partial charge in [-0.25, -0.2) is 4.98 Å². The highest BCUT2D eigenvalue weighted by Gasteiger charge is 2.36. The second-order valence-electron chi connectivity index (χ2n) is 4.18. The molecule has 7 nitrogen and oxygen atoms in total. The molecule has 0 saturated heterocycles. The summed E-state index contributed by atoms with van der Waals surface area (Å²) in [6.45, 7) is 3.78. The molecule has 0 spiro atoms. The van der Waals surface area contributed by atoms with E-state index in [1.54, 1.807) is 13.8 Å². The summed E-state index contributed by atoms with van der Waals surface area (Å²) in [5, 5.41) is 18.1. The molecule has 0 saturated carbocycles. The molecule has 1 heterocycles. The van der Waals surface area contributed by atoms with Gasteiger partial charge < -0.3 is 10.4 Å². The first-order chi connectivity index (χ1) is 8.54. The normalized spacial score (nSPS) is 11.2. The molecule has 0 atom stereocenters. The fourth-order valence-electron chi connectivity index (χ4n) is 1.75. The number of nitrogens with zero attached hydrogens (tertiary/aromatic N) is 2. The van der Waals surface area contributed by atoms with Crippen molar-refractivity contribution in [1.29, 1.82) is 0 Å². The van der Waals surface area contributed by atoms with Gasteiger partial charge in [-0.3, -0.25) is 14.7 Å². The lowest BCUT2D eigenvalue weighted by Crippen LogP contribution is -2.36. The van der Waals surface area contributed by atoms with Crippen molar-refractivity contribution in [2.75, 3.05) is 0 Å². The number of carboxylic acids is 1. The lowest BCUT2D eigenvalue weighted by Gasteiger charge is -2.25. The summed E-state index contributed by atoms with van der Waals surface area (Å²) in [6, 6.07) is 0. The fourth-order valence-corrected chi connectivity index (χ4v) is 1.75. The van der Waals surface area contributed by atoms with E-state index in [2.05, 4.69) is 20.5 Å². The minimum absolute atomic E-state index is 0.0243. The Morgan fingerprint density at radius 1 is 1.44 bits per heavy atom. The van der Waals surface area contributed by atoms with Crippen LogP contribution in [-0.4, -0.2) is 32.2 Å². The van der Waals surface area contributed by atoms with Gasteiger partial charge in [-0.2, -0.15) is 5.10 Å². The highest BCUT2D eigenvalue weighted by molar-refractivity contribution is 5.84. The fraction of sp³-hybridized carbons (Fsp3) is 0.636. The van der Waals surface area contributed by atoms with Crippen molar-refractivity contribution in [1.82, 2.24) is 20.5 Å². The zero-order chi connectivity index (χ0) is 13.6. The van der Waals surface area contributed by atoms with Gasteiger partial charge in [-0.05, 0) is 12.8 Å². The molecule has 0 aromatic carbocycles. The molecule has 0 aliphatic heterocycles. The first kappa shape index (κ1) is 14.1. The van der Waals surface area contributed by atoms with E-state index >= 15 is 0 Å². The Morgan fingerprint density at radius 2 is 2.11 bits per heavy atom. The van der Waals surface area contributed by atoms with Gasteiger partial charge in [0.05, 0.1) is 12.0 Å². The summed E-state index contributed by atoms with van der Waals surface area (Å²) in [5.74, 6) is -0.683. The largest absolute Gasteiger partial charge is 0.481 e. The summed E-state index contributed by atoms with van der Waals surface area (Å²) in [6.07, 6.45) is 2.17. The molecule has 1 rings (SSSR count). The van der Waals surface area contributed by atoms with Crippen LogP contribution in [0.1, 0.15) is 38.9 Å². The van der Waals surface area contributed by atoms with Crippen LogP contribution < -0.4 is 5.32 Å². The molecule has 1 amide bonds. The van der Waals surface area contributed by atoms with Crippen molar-refractivity contribution >= 4 is 11.9 Å². The van der Waals surface area contributed by atoms with E-state index in [9.17, 15) is 14.7 Å². The minimum Gasteiger partial charge on any atom is -0.481 e. The average molecular weight is 254 g/mol. The predicted octanol–water partition coefficient (Wildman–Crippen LogP) is 0.702. The van der Waals surface area contributed by atoms with Crippen LogP contribution >= 0.6 is 0 Å². The SMILES string of the molecule is CCC(CC)(CC(=O)NCc1ncn[nH]1)C(=O)O. The van der Waals surface area contributed by atoms with E-state index in [0.717, 1.165) is 0 Å². The number of nitrogens with one attached hydrogen (secondary N) is 2. The molecule has 3 N–H and O–H groups in total. The Balaban J connectivity index is 2.54. The second kappa shape index (κ2) is 6.13. The van der Waals surface area contributed by atoms with Crippen molar-refractivity contribution in [2.24, 2.45) is 5.41 Å². The Hall–Kier alpha value is -1.92. The van der Waals surface area contributed by atoms with Crippen LogP contribution in [0.4, 0.5) is 0 Å². The zero-order valence-electron chi connectivity index (χ0n) is 10.6. The third-order valence-electron chi connectivity index (χ3n) is 3.22. The van der Waals surface area contributed by atoms with Crippen LogP contribution in [0.15, 0.2) is 6.33 Å². The van der Waals surface area contributed by atoms with E-state index < -0.39 is 11.4 Å². The lowest BCUT2D eigenvalue weighted by molar-refractivity contribution is -0.152. The van der Waals surface area contributed by atoms with Crippen LogP contribution in [0.5, 0.6) is 0 Å². The van der Waals surface area contributed by atoms with E-state index in [1.807, 2.05) is 0 Å². The molecule has 0 unspecified atom stereocenters. The van der Waals surface area contributed by atoms with E-state index in [1.165, 1.54) is 6.33 Å². The molecular weight excluding hydrogens is 236 g/mol. The van der Waals surface area contributed by atoms with Gasteiger partial charge in [0, 0.05) is 6.42 Å². The molecule has 18 heavy (non-hydrogen) atoms. The summed E-state index contributed by atoms with van der Waals surface area (Å²) < 4.78 is 0. The number of H-pyrrole nitrogens is 1. The van der Waals surface area contributed by atoms with Gasteiger partial charge in [0.1, 0.15) is 12.2 Å². The molecule has 0 radical (unpaired) electrons. The molecule has 100 valence electrons. The van der Waals surface area contributed by atoms with Gasteiger partial charge in [0.2, 0.25) is 5.91 Å². The number of carbonyl (C=O) groups is 2. The van der Waals surface area contributed by atoms with Crippen LogP contribution in [0.3, 0.4) is 0 Å². The van der Waals surface area contributed by atoms with Gasteiger partial charge in [0.15, 0.2) is 0 Å². The summed E-state index contributed by atoms with van der Waals surface area (Å²) >= 11 is 0. The Bertz CT molecular complexity index is 398. The van der Waals surface area contributed by atoms with E-state index in [0.29, 0.717) is 18.7 Å². The third kappa shape index (κ3) is 3.28. The number of hydrogen-bond acceptors (Lipinski definition) is 4. The Labute approximate surface area is 105 Å². The number of amides is 1. The number of aliphatic carboxylic acids is 1. The molecular formula is C11H18N4O3.